The number of benzene rings is 3. The topological polar surface area (TPSA) is 75.3 Å². The van der Waals surface area contributed by atoms with Crippen LogP contribution >= 0.6 is 0 Å². The van der Waals surface area contributed by atoms with Crippen LogP contribution in [0.15, 0.2) is 59.5 Å². The molecule has 1 amide bonds. The second-order valence-corrected chi connectivity index (χ2v) is 9.98. The number of sulfonamides is 1. The Hall–Kier alpha value is -3.12. The lowest BCUT2D eigenvalue weighted by molar-refractivity contribution is 0.0950. The van der Waals surface area contributed by atoms with E-state index in [0.717, 1.165) is 29.5 Å². The maximum absolute atomic E-state index is 13.2. The van der Waals surface area contributed by atoms with Gasteiger partial charge in [-0.25, -0.2) is 8.42 Å². The van der Waals surface area contributed by atoms with E-state index in [1.165, 1.54) is 17.2 Å². The highest BCUT2D eigenvalue weighted by atomic mass is 32.2. The fourth-order valence-corrected chi connectivity index (χ4v) is 5.17. The number of anilines is 1. The van der Waals surface area contributed by atoms with Crippen molar-refractivity contribution in [1.82, 2.24) is 5.32 Å². The highest BCUT2D eigenvalue weighted by molar-refractivity contribution is 7.92. The van der Waals surface area contributed by atoms with Gasteiger partial charge in [0.15, 0.2) is 0 Å². The van der Waals surface area contributed by atoms with Gasteiger partial charge in [0, 0.05) is 12.1 Å². The molecule has 0 spiro atoms. The monoisotopic (exact) mass is 464 g/mol. The summed E-state index contributed by atoms with van der Waals surface area (Å²) in [5.41, 5.74) is 6.79. The first-order valence-corrected chi connectivity index (χ1v) is 12.7. The predicted octanol–water partition coefficient (Wildman–Crippen LogP) is 5.47. The van der Waals surface area contributed by atoms with Gasteiger partial charge in [-0.3, -0.25) is 9.52 Å². The number of hydrogen-bond acceptors (Lipinski definition) is 3. The molecule has 3 aromatic carbocycles. The van der Waals surface area contributed by atoms with E-state index in [0.29, 0.717) is 23.4 Å². The molecule has 174 valence electrons. The molecule has 0 aromatic heterocycles. The summed E-state index contributed by atoms with van der Waals surface area (Å²) in [7, 11) is -3.86. The highest BCUT2D eigenvalue weighted by Gasteiger charge is 2.20. The number of carbonyl (C=O) groups excluding carboxylic acids is 1. The normalized spacial score (nSPS) is 11.3. The molecule has 0 aliphatic rings. The zero-order valence-electron chi connectivity index (χ0n) is 20.0. The first-order chi connectivity index (χ1) is 15.7. The van der Waals surface area contributed by atoms with Gasteiger partial charge in [-0.05, 0) is 85.2 Å². The molecule has 0 atom stereocenters. The smallest absolute Gasteiger partial charge is 0.262 e. The summed E-state index contributed by atoms with van der Waals surface area (Å²) in [6, 6.07) is 16.6. The largest absolute Gasteiger partial charge is 0.348 e. The number of aryl methyl sites for hydroxylation is 4. The van der Waals surface area contributed by atoms with E-state index < -0.39 is 10.0 Å². The average molecular weight is 465 g/mol. The van der Waals surface area contributed by atoms with Gasteiger partial charge in [-0.2, -0.15) is 0 Å². The number of hydrogen-bond donors (Lipinski definition) is 2. The second-order valence-electron chi connectivity index (χ2n) is 8.33. The van der Waals surface area contributed by atoms with Gasteiger partial charge in [-0.15, -0.1) is 0 Å². The summed E-state index contributed by atoms with van der Waals surface area (Å²) in [5, 5.41) is 2.95. The molecular weight excluding hydrogens is 432 g/mol. The maximum atomic E-state index is 13.2. The van der Waals surface area contributed by atoms with Crippen molar-refractivity contribution in [3.05, 3.63) is 93.5 Å². The van der Waals surface area contributed by atoms with Crippen molar-refractivity contribution in [1.29, 1.82) is 0 Å². The Morgan fingerprint density at radius 3 is 2.30 bits per heavy atom. The summed E-state index contributed by atoms with van der Waals surface area (Å²) < 4.78 is 29.0. The SMILES string of the molecule is CCc1ccc(CC)c(CNC(=O)c2ccc(C)c(S(=O)(=O)Nc3cccc(C)c3C)c2)c1. The molecule has 0 unspecified atom stereocenters. The van der Waals surface area contributed by atoms with Crippen LogP contribution in [0.5, 0.6) is 0 Å². The molecule has 5 nitrogen and oxygen atoms in total. The van der Waals surface area contributed by atoms with Crippen LogP contribution in [0.4, 0.5) is 5.69 Å². The van der Waals surface area contributed by atoms with Crippen LogP contribution in [0.3, 0.4) is 0 Å². The third-order valence-corrected chi connectivity index (χ3v) is 7.60. The summed E-state index contributed by atoms with van der Waals surface area (Å²) in [6.45, 7) is 10.1. The van der Waals surface area contributed by atoms with Gasteiger partial charge in [0.2, 0.25) is 0 Å². The summed E-state index contributed by atoms with van der Waals surface area (Å²) in [4.78, 5) is 13.0. The Labute approximate surface area is 197 Å². The molecule has 0 bridgehead atoms. The van der Waals surface area contributed by atoms with Gasteiger partial charge in [0.05, 0.1) is 10.6 Å². The molecule has 0 saturated carbocycles. The minimum absolute atomic E-state index is 0.0956. The fraction of sp³-hybridized carbons (Fsp3) is 0.296. The van der Waals surface area contributed by atoms with E-state index in [1.54, 1.807) is 25.1 Å². The van der Waals surface area contributed by atoms with Gasteiger partial charge >= 0.3 is 0 Å². The zero-order chi connectivity index (χ0) is 24.2. The van der Waals surface area contributed by atoms with E-state index >= 15 is 0 Å². The predicted molar refractivity (Wildman–Crippen MR) is 134 cm³/mol. The van der Waals surface area contributed by atoms with E-state index in [4.69, 9.17) is 0 Å². The minimum Gasteiger partial charge on any atom is -0.348 e. The minimum atomic E-state index is -3.86. The number of rotatable bonds is 8. The van der Waals surface area contributed by atoms with Crippen LogP contribution < -0.4 is 10.0 Å². The van der Waals surface area contributed by atoms with Crippen LogP contribution in [-0.4, -0.2) is 14.3 Å². The lowest BCUT2D eigenvalue weighted by Gasteiger charge is -2.15. The standard InChI is InChI=1S/C27H32N2O3S/c1-6-21-12-14-22(7-2)24(15-21)17-28-27(30)23-13-11-19(4)26(16-23)33(31,32)29-25-10-8-9-18(3)20(25)5/h8-16,29H,6-7,17H2,1-5H3,(H,28,30). The summed E-state index contributed by atoms with van der Waals surface area (Å²) in [6.07, 6.45) is 1.81. The van der Waals surface area contributed by atoms with E-state index in [9.17, 15) is 13.2 Å². The lowest BCUT2D eigenvalue weighted by Crippen LogP contribution is -2.24. The molecule has 6 heteroatoms. The molecule has 3 rings (SSSR count). The van der Waals surface area contributed by atoms with Crippen LogP contribution in [-0.2, 0) is 29.4 Å². The average Bonchev–Trinajstić information content (AvgIpc) is 2.80. The Balaban J connectivity index is 1.84. The molecule has 0 aliphatic heterocycles. The molecule has 0 radical (unpaired) electrons. The van der Waals surface area contributed by atoms with Crippen molar-refractivity contribution < 1.29 is 13.2 Å². The van der Waals surface area contributed by atoms with Crippen molar-refractivity contribution in [3.63, 3.8) is 0 Å². The van der Waals surface area contributed by atoms with Crippen molar-refractivity contribution in [2.24, 2.45) is 0 Å². The van der Waals surface area contributed by atoms with Crippen molar-refractivity contribution in [2.75, 3.05) is 4.72 Å². The highest BCUT2D eigenvalue weighted by Crippen LogP contribution is 2.24. The first kappa shape index (κ1) is 24.5. The van der Waals surface area contributed by atoms with Gasteiger partial charge in [-0.1, -0.05) is 50.2 Å². The first-order valence-electron chi connectivity index (χ1n) is 11.2. The number of amides is 1. The molecule has 3 aromatic rings. The Morgan fingerprint density at radius 2 is 1.61 bits per heavy atom. The van der Waals surface area contributed by atoms with Crippen molar-refractivity contribution in [3.8, 4) is 0 Å². The van der Waals surface area contributed by atoms with Crippen LogP contribution in [0, 0.1) is 20.8 Å². The molecule has 33 heavy (non-hydrogen) atoms. The molecule has 0 aliphatic carbocycles. The molecule has 0 fully saturated rings. The Kier molecular flexibility index (Phi) is 7.59. The molecule has 2 N–H and O–H groups in total. The van der Waals surface area contributed by atoms with Crippen molar-refractivity contribution in [2.45, 2.75) is 58.9 Å². The van der Waals surface area contributed by atoms with E-state index in [-0.39, 0.29) is 10.8 Å². The van der Waals surface area contributed by atoms with Crippen LogP contribution in [0.25, 0.3) is 0 Å². The van der Waals surface area contributed by atoms with Crippen LogP contribution in [0.1, 0.15) is 57.6 Å². The fourth-order valence-electron chi connectivity index (χ4n) is 3.78. The maximum Gasteiger partial charge on any atom is 0.262 e. The molecule has 0 heterocycles. The number of nitrogens with one attached hydrogen (secondary N) is 2. The Bertz CT molecular complexity index is 1280. The quantitative estimate of drug-likeness (QED) is 0.464. The lowest BCUT2D eigenvalue weighted by atomic mass is 10.0. The number of carbonyl (C=O) groups is 1. The summed E-state index contributed by atoms with van der Waals surface area (Å²) in [5.74, 6) is -0.304. The van der Waals surface area contributed by atoms with Gasteiger partial charge in [0.1, 0.15) is 0 Å². The van der Waals surface area contributed by atoms with Gasteiger partial charge < -0.3 is 5.32 Å². The van der Waals surface area contributed by atoms with E-state index in [1.807, 2.05) is 26.0 Å². The van der Waals surface area contributed by atoms with E-state index in [2.05, 4.69) is 42.1 Å². The zero-order valence-corrected chi connectivity index (χ0v) is 20.8. The molecule has 0 saturated heterocycles. The van der Waals surface area contributed by atoms with Crippen molar-refractivity contribution >= 4 is 21.6 Å². The third-order valence-electron chi connectivity index (χ3n) is 6.09. The third kappa shape index (κ3) is 5.63. The summed E-state index contributed by atoms with van der Waals surface area (Å²) >= 11 is 0. The molecular formula is C27H32N2O3S. The Morgan fingerprint density at radius 1 is 0.848 bits per heavy atom. The van der Waals surface area contributed by atoms with Crippen LogP contribution in [0.2, 0.25) is 0 Å². The van der Waals surface area contributed by atoms with Gasteiger partial charge in [0.25, 0.3) is 15.9 Å². The second kappa shape index (κ2) is 10.2.